The van der Waals surface area contributed by atoms with E-state index in [1.807, 2.05) is 42.5 Å². The van der Waals surface area contributed by atoms with E-state index in [0.717, 1.165) is 16.5 Å². The third kappa shape index (κ3) is 3.37. The molecule has 6 nitrogen and oxygen atoms in total. The molecule has 1 heterocycles. The minimum Gasteiger partial charge on any atom is -0.490 e. The van der Waals surface area contributed by atoms with Crippen molar-refractivity contribution in [2.75, 3.05) is 12.4 Å². The number of benzene rings is 2. The van der Waals surface area contributed by atoms with Gasteiger partial charge in [0.2, 0.25) is 5.16 Å². The van der Waals surface area contributed by atoms with Crippen LogP contribution in [0, 0.1) is 0 Å². The number of aliphatic hydroxyl groups is 1. The lowest BCUT2D eigenvalue weighted by Crippen LogP contribution is -2.20. The highest BCUT2D eigenvalue weighted by atomic mass is 32.2. The summed E-state index contributed by atoms with van der Waals surface area (Å²) in [6.45, 7) is 0.228. The van der Waals surface area contributed by atoms with Crippen molar-refractivity contribution in [1.82, 2.24) is 20.2 Å². The summed E-state index contributed by atoms with van der Waals surface area (Å²) in [7, 11) is 1.77. The number of thioether (sulfide) groups is 1. The molecule has 114 valence electrons. The van der Waals surface area contributed by atoms with Crippen molar-refractivity contribution in [3.63, 3.8) is 0 Å². The number of tetrazole rings is 1. The topological polar surface area (TPSA) is 73.1 Å². The van der Waals surface area contributed by atoms with Gasteiger partial charge >= 0.3 is 0 Å². The maximum atomic E-state index is 10.0. The number of aliphatic hydroxyl groups excluding tert-OH is 1. The molecular weight excluding hydrogens is 300 g/mol. The van der Waals surface area contributed by atoms with Crippen LogP contribution in [0.2, 0.25) is 0 Å². The van der Waals surface area contributed by atoms with Gasteiger partial charge in [0.15, 0.2) is 0 Å². The van der Waals surface area contributed by atoms with Crippen LogP contribution in [-0.2, 0) is 7.05 Å². The van der Waals surface area contributed by atoms with Crippen molar-refractivity contribution in [2.45, 2.75) is 11.3 Å². The Morgan fingerprint density at radius 2 is 2.05 bits per heavy atom. The van der Waals surface area contributed by atoms with E-state index < -0.39 is 6.10 Å². The number of nitrogens with zero attached hydrogens (tertiary/aromatic N) is 4. The van der Waals surface area contributed by atoms with Gasteiger partial charge < -0.3 is 9.84 Å². The minimum absolute atomic E-state index is 0.228. The molecule has 1 aromatic heterocycles. The van der Waals surface area contributed by atoms with Gasteiger partial charge in [-0.3, -0.25) is 0 Å². The number of hydrogen-bond donors (Lipinski definition) is 1. The maximum absolute atomic E-state index is 10.0. The lowest BCUT2D eigenvalue weighted by atomic mass is 10.1. The van der Waals surface area contributed by atoms with Crippen molar-refractivity contribution in [3.05, 3.63) is 42.5 Å². The Morgan fingerprint density at radius 1 is 1.23 bits per heavy atom. The van der Waals surface area contributed by atoms with Crippen molar-refractivity contribution >= 4 is 22.5 Å². The highest BCUT2D eigenvalue weighted by Crippen LogP contribution is 2.25. The van der Waals surface area contributed by atoms with E-state index in [9.17, 15) is 5.11 Å². The van der Waals surface area contributed by atoms with Gasteiger partial charge in [0.05, 0.1) is 6.10 Å². The number of ether oxygens (including phenoxy) is 1. The minimum atomic E-state index is -0.597. The van der Waals surface area contributed by atoms with Crippen LogP contribution >= 0.6 is 11.8 Å². The molecule has 2 aromatic carbocycles. The van der Waals surface area contributed by atoms with Crippen LogP contribution in [0.15, 0.2) is 47.6 Å². The molecule has 7 heteroatoms. The van der Waals surface area contributed by atoms with E-state index in [-0.39, 0.29) is 6.61 Å². The second kappa shape index (κ2) is 6.76. The molecule has 0 radical (unpaired) electrons. The van der Waals surface area contributed by atoms with Crippen molar-refractivity contribution in [3.8, 4) is 5.75 Å². The Bertz CT molecular complexity index is 757. The Morgan fingerprint density at radius 3 is 2.86 bits per heavy atom. The van der Waals surface area contributed by atoms with Crippen molar-refractivity contribution in [1.29, 1.82) is 0 Å². The summed E-state index contributed by atoms with van der Waals surface area (Å²) in [5.74, 6) is 1.25. The first kappa shape index (κ1) is 14.8. The average molecular weight is 316 g/mol. The first-order valence-electron chi connectivity index (χ1n) is 6.88. The van der Waals surface area contributed by atoms with Gasteiger partial charge in [-0.2, -0.15) is 0 Å². The Balaban J connectivity index is 1.58. The molecule has 1 N–H and O–H groups in total. The molecule has 0 aliphatic rings. The number of aromatic nitrogens is 4. The number of aryl methyl sites for hydroxylation is 1. The van der Waals surface area contributed by atoms with Crippen LogP contribution in [-0.4, -0.2) is 43.8 Å². The van der Waals surface area contributed by atoms with E-state index in [0.29, 0.717) is 10.9 Å². The number of rotatable bonds is 6. The van der Waals surface area contributed by atoms with Gasteiger partial charge in [-0.1, -0.05) is 48.2 Å². The molecule has 22 heavy (non-hydrogen) atoms. The highest BCUT2D eigenvalue weighted by Gasteiger charge is 2.10. The quantitative estimate of drug-likeness (QED) is 0.700. The average Bonchev–Trinajstić information content (AvgIpc) is 2.96. The van der Waals surface area contributed by atoms with Gasteiger partial charge in [0.25, 0.3) is 0 Å². The predicted molar refractivity (Wildman–Crippen MR) is 85.0 cm³/mol. The van der Waals surface area contributed by atoms with E-state index in [1.54, 1.807) is 11.7 Å². The van der Waals surface area contributed by atoms with Crippen LogP contribution in [0.5, 0.6) is 5.75 Å². The molecule has 0 aliphatic heterocycles. The first-order chi connectivity index (χ1) is 10.7. The zero-order chi connectivity index (χ0) is 15.4. The summed E-state index contributed by atoms with van der Waals surface area (Å²) < 4.78 is 7.33. The summed E-state index contributed by atoms with van der Waals surface area (Å²) in [5.41, 5.74) is 0. The first-order valence-corrected chi connectivity index (χ1v) is 7.86. The van der Waals surface area contributed by atoms with E-state index in [1.165, 1.54) is 11.8 Å². The molecule has 3 aromatic rings. The van der Waals surface area contributed by atoms with Gasteiger partial charge in [-0.15, -0.1) is 5.10 Å². The van der Waals surface area contributed by atoms with E-state index >= 15 is 0 Å². The third-order valence-electron chi connectivity index (χ3n) is 3.17. The lowest BCUT2D eigenvalue weighted by Gasteiger charge is -2.13. The predicted octanol–water partition coefficient (Wildman–Crippen LogP) is 1.90. The largest absolute Gasteiger partial charge is 0.490 e. The fourth-order valence-corrected chi connectivity index (χ4v) is 2.83. The third-order valence-corrected chi connectivity index (χ3v) is 4.32. The summed E-state index contributed by atoms with van der Waals surface area (Å²) in [4.78, 5) is 0. The van der Waals surface area contributed by atoms with Crippen molar-refractivity contribution in [2.24, 2.45) is 7.05 Å². The molecule has 0 amide bonds. The highest BCUT2D eigenvalue weighted by molar-refractivity contribution is 7.99. The van der Waals surface area contributed by atoms with Gasteiger partial charge in [-0.25, -0.2) is 4.68 Å². The molecule has 0 aliphatic carbocycles. The lowest BCUT2D eigenvalue weighted by molar-refractivity contribution is 0.127. The Hall–Kier alpha value is -2.12. The van der Waals surface area contributed by atoms with Crippen LogP contribution in [0.25, 0.3) is 10.8 Å². The second-order valence-corrected chi connectivity index (χ2v) is 5.83. The molecule has 3 rings (SSSR count). The van der Waals surface area contributed by atoms with Gasteiger partial charge in [0, 0.05) is 18.2 Å². The zero-order valence-electron chi connectivity index (χ0n) is 12.1. The smallest absolute Gasteiger partial charge is 0.209 e. The normalized spacial score (nSPS) is 12.5. The summed E-state index contributed by atoms with van der Waals surface area (Å²) >= 11 is 1.40. The van der Waals surface area contributed by atoms with Gasteiger partial charge in [0.1, 0.15) is 12.4 Å². The molecular formula is C15H16N4O2S. The standard InChI is InChI=1S/C15H16N4O2S/c1-19-15(16-17-18-19)22-10-12(20)9-21-14-8-4-6-11-5-2-3-7-13(11)14/h2-8,12,20H,9-10H2,1H3/t12-/m0/s1. The maximum Gasteiger partial charge on any atom is 0.209 e. The van der Waals surface area contributed by atoms with E-state index in [4.69, 9.17) is 4.74 Å². The Kier molecular flexibility index (Phi) is 4.55. The van der Waals surface area contributed by atoms with Crippen LogP contribution in [0.4, 0.5) is 0 Å². The monoisotopic (exact) mass is 316 g/mol. The molecule has 0 saturated carbocycles. The molecule has 0 fully saturated rings. The Labute approximate surface area is 132 Å². The molecule has 1 atom stereocenters. The fraction of sp³-hybridized carbons (Fsp3) is 0.267. The summed E-state index contributed by atoms with van der Waals surface area (Å²) in [5, 5.41) is 24.0. The molecule has 0 bridgehead atoms. The SMILES string of the molecule is Cn1nnnc1SC[C@@H](O)COc1cccc2ccccc12. The van der Waals surface area contributed by atoms with Gasteiger partial charge in [-0.05, 0) is 21.9 Å². The van der Waals surface area contributed by atoms with Crippen LogP contribution in [0.1, 0.15) is 0 Å². The summed E-state index contributed by atoms with van der Waals surface area (Å²) in [6.07, 6.45) is -0.597. The van der Waals surface area contributed by atoms with Crippen LogP contribution < -0.4 is 4.74 Å². The van der Waals surface area contributed by atoms with Crippen molar-refractivity contribution < 1.29 is 9.84 Å². The zero-order valence-corrected chi connectivity index (χ0v) is 12.9. The van der Waals surface area contributed by atoms with E-state index in [2.05, 4.69) is 15.5 Å². The fourth-order valence-electron chi connectivity index (χ4n) is 2.07. The summed E-state index contributed by atoms with van der Waals surface area (Å²) in [6, 6.07) is 13.9. The number of hydrogen-bond acceptors (Lipinski definition) is 6. The van der Waals surface area contributed by atoms with Crippen LogP contribution in [0.3, 0.4) is 0 Å². The second-order valence-electron chi connectivity index (χ2n) is 4.84. The number of fused-ring (bicyclic) bond motifs is 1. The molecule has 0 saturated heterocycles. The molecule has 0 spiro atoms. The molecule has 0 unspecified atom stereocenters.